The number of carbonyl (C=O) groups is 1. The van der Waals surface area contributed by atoms with Crippen LogP contribution in [-0.4, -0.2) is 45.0 Å². The van der Waals surface area contributed by atoms with E-state index in [1.54, 1.807) is 19.1 Å². The van der Waals surface area contributed by atoms with Crippen LogP contribution in [0.15, 0.2) is 51.8 Å². The van der Waals surface area contributed by atoms with Crippen molar-refractivity contribution in [3.63, 3.8) is 0 Å². The van der Waals surface area contributed by atoms with Gasteiger partial charge in [-0.1, -0.05) is 24.3 Å². The number of rotatable bonds is 7. The van der Waals surface area contributed by atoms with E-state index in [0.717, 1.165) is 36.0 Å². The molecule has 0 bridgehead atoms. The molecule has 2 aromatic carbocycles. The van der Waals surface area contributed by atoms with Gasteiger partial charge in [-0.25, -0.2) is 13.1 Å². The molecule has 1 aliphatic heterocycles. The lowest BCUT2D eigenvalue weighted by Crippen LogP contribution is -2.44. The van der Waals surface area contributed by atoms with Crippen LogP contribution < -0.4 is 14.9 Å². The zero-order chi connectivity index (χ0) is 22.0. The number of nitrogens with zero attached hydrogens (tertiary/aromatic N) is 2. The Labute approximate surface area is 181 Å². The second-order valence-electron chi connectivity index (χ2n) is 7.85. The molecule has 1 atom stereocenters. The van der Waals surface area contributed by atoms with Gasteiger partial charge in [-0.15, -0.1) is 0 Å². The minimum atomic E-state index is -3.76. The van der Waals surface area contributed by atoms with Crippen molar-refractivity contribution in [1.29, 1.82) is 0 Å². The molecule has 8 nitrogen and oxygen atoms in total. The zero-order valence-corrected chi connectivity index (χ0v) is 18.4. The number of oxazole rings is 1. The number of sulfonamides is 1. The van der Waals surface area contributed by atoms with E-state index in [0.29, 0.717) is 18.1 Å². The molecular weight excluding hydrogens is 416 g/mol. The second kappa shape index (κ2) is 8.68. The van der Waals surface area contributed by atoms with E-state index in [4.69, 9.17) is 4.42 Å². The fourth-order valence-electron chi connectivity index (χ4n) is 3.81. The smallest absolute Gasteiger partial charge is 0.298 e. The summed E-state index contributed by atoms with van der Waals surface area (Å²) in [6.07, 6.45) is 1.87. The van der Waals surface area contributed by atoms with Crippen LogP contribution >= 0.6 is 0 Å². The van der Waals surface area contributed by atoms with Crippen LogP contribution in [-0.2, 0) is 14.8 Å². The number of amides is 1. The molecule has 1 fully saturated rings. The van der Waals surface area contributed by atoms with E-state index in [1.165, 1.54) is 0 Å². The first-order chi connectivity index (χ1) is 14.8. The van der Waals surface area contributed by atoms with Crippen molar-refractivity contribution in [2.45, 2.75) is 37.6 Å². The normalized spacial score (nSPS) is 16.7. The number of hydrogen-bond acceptors (Lipinski definition) is 6. The van der Waals surface area contributed by atoms with E-state index < -0.39 is 10.0 Å². The number of hydrogen-bond donors (Lipinski definition) is 2. The second-order valence-corrected chi connectivity index (χ2v) is 9.59. The standard InChI is InChI=1S/C22H26N4O4S/c1-15-9-10-16(2)20(12-15)31(28,29)24-14-21(27)23-13-17-6-5-11-26(17)22-25-18-7-3-4-8-19(18)30-22/h3-4,7-10,12,17,24H,5-6,11,13-14H2,1-2H3,(H,23,27). The monoisotopic (exact) mass is 442 g/mol. The van der Waals surface area contributed by atoms with Crippen LogP contribution in [0, 0.1) is 13.8 Å². The van der Waals surface area contributed by atoms with Crippen LogP contribution in [0.3, 0.4) is 0 Å². The molecule has 164 valence electrons. The van der Waals surface area contributed by atoms with Crippen molar-refractivity contribution >= 4 is 33.0 Å². The Morgan fingerprint density at radius 2 is 2.03 bits per heavy atom. The Balaban J connectivity index is 1.34. The number of aromatic nitrogens is 1. The summed E-state index contributed by atoms with van der Waals surface area (Å²) in [7, 11) is -3.76. The lowest BCUT2D eigenvalue weighted by atomic mass is 10.2. The molecule has 31 heavy (non-hydrogen) atoms. The molecule has 1 unspecified atom stereocenters. The molecule has 0 radical (unpaired) electrons. The van der Waals surface area contributed by atoms with Gasteiger partial charge in [-0.3, -0.25) is 4.79 Å². The highest BCUT2D eigenvalue weighted by atomic mass is 32.2. The van der Waals surface area contributed by atoms with E-state index >= 15 is 0 Å². The largest absolute Gasteiger partial charge is 0.423 e. The number of para-hydroxylation sites is 2. The SMILES string of the molecule is Cc1ccc(C)c(S(=O)(=O)NCC(=O)NCC2CCCN2c2nc3ccccc3o2)c1. The van der Waals surface area contributed by atoms with Crippen molar-refractivity contribution in [3.05, 3.63) is 53.6 Å². The van der Waals surface area contributed by atoms with Crippen LogP contribution in [0.2, 0.25) is 0 Å². The molecule has 0 saturated carbocycles. The number of aryl methyl sites for hydroxylation is 2. The Morgan fingerprint density at radius 3 is 2.84 bits per heavy atom. The summed E-state index contributed by atoms with van der Waals surface area (Å²) in [5.41, 5.74) is 3.01. The van der Waals surface area contributed by atoms with Gasteiger partial charge in [0.25, 0.3) is 6.01 Å². The van der Waals surface area contributed by atoms with Gasteiger partial charge in [0.15, 0.2) is 5.58 Å². The highest BCUT2D eigenvalue weighted by Crippen LogP contribution is 2.28. The first kappa shape index (κ1) is 21.3. The van der Waals surface area contributed by atoms with Gasteiger partial charge in [0.05, 0.1) is 17.5 Å². The molecule has 4 rings (SSSR count). The molecular formula is C22H26N4O4S. The number of benzene rings is 2. The minimum Gasteiger partial charge on any atom is -0.423 e. The Hall–Kier alpha value is -2.91. The fourth-order valence-corrected chi connectivity index (χ4v) is 5.12. The predicted molar refractivity (Wildman–Crippen MR) is 118 cm³/mol. The Kier molecular flexibility index (Phi) is 5.97. The molecule has 2 N–H and O–H groups in total. The first-order valence-corrected chi connectivity index (χ1v) is 11.8. The Bertz CT molecular complexity index is 1170. The summed E-state index contributed by atoms with van der Waals surface area (Å²) in [5.74, 6) is -0.377. The third-order valence-electron chi connectivity index (χ3n) is 5.50. The molecule has 1 aliphatic rings. The number of nitrogens with one attached hydrogen (secondary N) is 2. The minimum absolute atomic E-state index is 0.0487. The van der Waals surface area contributed by atoms with Gasteiger partial charge in [0, 0.05) is 13.1 Å². The summed E-state index contributed by atoms with van der Waals surface area (Å²) < 4.78 is 33.4. The van der Waals surface area contributed by atoms with Crippen LogP contribution in [0.4, 0.5) is 6.01 Å². The maximum absolute atomic E-state index is 12.6. The van der Waals surface area contributed by atoms with Gasteiger partial charge < -0.3 is 14.6 Å². The maximum Gasteiger partial charge on any atom is 0.298 e. The van der Waals surface area contributed by atoms with Crippen LogP contribution in [0.5, 0.6) is 0 Å². The van der Waals surface area contributed by atoms with Crippen molar-refractivity contribution in [2.24, 2.45) is 0 Å². The summed E-state index contributed by atoms with van der Waals surface area (Å²) in [6, 6.07) is 13.4. The predicted octanol–water partition coefficient (Wildman–Crippen LogP) is 2.51. The van der Waals surface area contributed by atoms with Gasteiger partial charge >= 0.3 is 0 Å². The average Bonchev–Trinajstić information content (AvgIpc) is 3.38. The molecule has 0 spiro atoms. The van der Waals surface area contributed by atoms with Crippen LogP contribution in [0.1, 0.15) is 24.0 Å². The van der Waals surface area contributed by atoms with Crippen LogP contribution in [0.25, 0.3) is 11.1 Å². The van der Waals surface area contributed by atoms with Crippen molar-refractivity contribution in [2.75, 3.05) is 24.5 Å². The van der Waals surface area contributed by atoms with Gasteiger partial charge in [-0.2, -0.15) is 4.98 Å². The molecule has 1 saturated heterocycles. The summed E-state index contributed by atoms with van der Waals surface area (Å²) in [5, 5.41) is 2.83. The summed E-state index contributed by atoms with van der Waals surface area (Å²) >= 11 is 0. The molecule has 3 aromatic rings. The molecule has 1 amide bonds. The first-order valence-electron chi connectivity index (χ1n) is 10.3. The summed E-state index contributed by atoms with van der Waals surface area (Å²) in [4.78, 5) is 19.1. The number of fused-ring (bicyclic) bond motifs is 1. The van der Waals surface area contributed by atoms with Crippen molar-refractivity contribution in [3.8, 4) is 0 Å². The summed E-state index contributed by atoms with van der Waals surface area (Å²) in [6.45, 7) is 4.44. The lowest BCUT2D eigenvalue weighted by Gasteiger charge is -2.23. The van der Waals surface area contributed by atoms with Gasteiger partial charge in [0.1, 0.15) is 5.52 Å². The van der Waals surface area contributed by atoms with E-state index in [2.05, 4.69) is 19.9 Å². The van der Waals surface area contributed by atoms with E-state index in [9.17, 15) is 13.2 Å². The average molecular weight is 443 g/mol. The maximum atomic E-state index is 12.6. The zero-order valence-electron chi connectivity index (χ0n) is 17.6. The highest BCUT2D eigenvalue weighted by Gasteiger charge is 2.29. The quantitative estimate of drug-likeness (QED) is 0.583. The molecule has 1 aromatic heterocycles. The lowest BCUT2D eigenvalue weighted by molar-refractivity contribution is -0.120. The van der Waals surface area contributed by atoms with E-state index in [-0.39, 0.29) is 23.4 Å². The van der Waals surface area contributed by atoms with E-state index in [1.807, 2.05) is 37.3 Å². The molecule has 0 aliphatic carbocycles. The number of anilines is 1. The van der Waals surface area contributed by atoms with Gasteiger partial charge in [0.2, 0.25) is 15.9 Å². The topological polar surface area (TPSA) is 105 Å². The number of carbonyl (C=O) groups excluding carboxylic acids is 1. The third-order valence-corrected chi connectivity index (χ3v) is 7.04. The van der Waals surface area contributed by atoms with Crippen molar-refractivity contribution < 1.29 is 17.6 Å². The Morgan fingerprint density at radius 1 is 1.23 bits per heavy atom. The van der Waals surface area contributed by atoms with Crippen molar-refractivity contribution in [1.82, 2.24) is 15.0 Å². The molecule has 2 heterocycles. The molecule has 9 heteroatoms. The highest BCUT2D eigenvalue weighted by molar-refractivity contribution is 7.89. The fraction of sp³-hybridized carbons (Fsp3) is 0.364. The van der Waals surface area contributed by atoms with Gasteiger partial charge in [-0.05, 0) is 56.0 Å². The third kappa shape index (κ3) is 4.72.